The molecule has 1 aromatic carbocycles. The van der Waals surface area contributed by atoms with Crippen molar-refractivity contribution < 1.29 is 4.79 Å². The van der Waals surface area contributed by atoms with Crippen LogP contribution in [0.25, 0.3) is 0 Å². The van der Waals surface area contributed by atoms with Gasteiger partial charge in [-0.3, -0.25) is 4.79 Å². The lowest BCUT2D eigenvalue weighted by Gasteiger charge is -2.22. The number of hydrogen-bond donors (Lipinski definition) is 1. The van der Waals surface area contributed by atoms with Crippen LogP contribution < -0.4 is 5.32 Å². The number of rotatable bonds is 2. The summed E-state index contributed by atoms with van der Waals surface area (Å²) >= 11 is 11.8. The number of imidazole rings is 1. The van der Waals surface area contributed by atoms with Crippen LogP contribution in [0.3, 0.4) is 0 Å². The quantitative estimate of drug-likeness (QED) is 0.924. The molecule has 3 rings (SSSR count). The molecule has 1 atom stereocenters. The molecular weight excluding hydrogens is 297 g/mol. The number of halogens is 2. The van der Waals surface area contributed by atoms with E-state index in [0.29, 0.717) is 22.2 Å². The van der Waals surface area contributed by atoms with E-state index < -0.39 is 0 Å². The van der Waals surface area contributed by atoms with Gasteiger partial charge in [0.1, 0.15) is 5.82 Å². The van der Waals surface area contributed by atoms with Crippen LogP contribution >= 0.6 is 23.2 Å². The van der Waals surface area contributed by atoms with Crippen molar-refractivity contribution in [2.45, 2.75) is 19.4 Å². The Hall–Kier alpha value is -1.52. The number of nitrogens with zero attached hydrogens (tertiary/aromatic N) is 2. The first-order valence-corrected chi connectivity index (χ1v) is 7.15. The van der Waals surface area contributed by atoms with E-state index in [2.05, 4.69) is 14.9 Å². The summed E-state index contributed by atoms with van der Waals surface area (Å²) in [5.41, 5.74) is 0.665. The van der Waals surface area contributed by atoms with Gasteiger partial charge in [-0.25, -0.2) is 4.98 Å². The Balaban J connectivity index is 1.69. The third-order valence-electron chi connectivity index (χ3n) is 3.51. The van der Waals surface area contributed by atoms with E-state index in [-0.39, 0.29) is 11.8 Å². The molecular formula is C14H13Cl2N3O. The van der Waals surface area contributed by atoms with Crippen molar-refractivity contribution in [3.63, 3.8) is 0 Å². The number of anilines is 1. The highest BCUT2D eigenvalue weighted by Gasteiger charge is 2.25. The van der Waals surface area contributed by atoms with Crippen LogP contribution in [0.5, 0.6) is 0 Å². The zero-order valence-electron chi connectivity index (χ0n) is 10.6. The Kier molecular flexibility index (Phi) is 3.68. The molecule has 0 bridgehead atoms. The summed E-state index contributed by atoms with van der Waals surface area (Å²) in [4.78, 5) is 16.5. The van der Waals surface area contributed by atoms with Gasteiger partial charge in [-0.1, -0.05) is 23.2 Å². The summed E-state index contributed by atoms with van der Waals surface area (Å²) < 4.78 is 2.09. The molecule has 0 aliphatic carbocycles. The van der Waals surface area contributed by atoms with Crippen molar-refractivity contribution in [3.05, 3.63) is 46.5 Å². The average Bonchev–Trinajstić information content (AvgIpc) is 2.90. The number of benzene rings is 1. The van der Waals surface area contributed by atoms with E-state index >= 15 is 0 Å². The monoisotopic (exact) mass is 309 g/mol. The van der Waals surface area contributed by atoms with Crippen LogP contribution in [0.2, 0.25) is 10.0 Å². The molecule has 2 aromatic rings. The van der Waals surface area contributed by atoms with Gasteiger partial charge in [0, 0.05) is 37.0 Å². The zero-order valence-corrected chi connectivity index (χ0v) is 12.2. The number of fused-ring (bicyclic) bond motifs is 1. The Bertz CT molecular complexity index is 654. The fourth-order valence-corrected chi connectivity index (χ4v) is 2.69. The minimum atomic E-state index is -0.0562. The first-order chi connectivity index (χ1) is 9.63. The van der Waals surface area contributed by atoms with Crippen molar-refractivity contribution >= 4 is 34.8 Å². The molecule has 1 unspecified atom stereocenters. The Morgan fingerprint density at radius 3 is 3.00 bits per heavy atom. The smallest absolute Gasteiger partial charge is 0.228 e. The van der Waals surface area contributed by atoms with E-state index in [1.165, 1.54) is 0 Å². The number of aromatic nitrogens is 2. The van der Waals surface area contributed by atoms with E-state index in [9.17, 15) is 4.79 Å². The maximum Gasteiger partial charge on any atom is 0.228 e. The van der Waals surface area contributed by atoms with Crippen LogP contribution in [0, 0.1) is 5.92 Å². The van der Waals surface area contributed by atoms with Crippen LogP contribution in [0.4, 0.5) is 5.69 Å². The predicted molar refractivity (Wildman–Crippen MR) is 79.1 cm³/mol. The second-order valence-electron chi connectivity index (χ2n) is 4.84. The van der Waals surface area contributed by atoms with Gasteiger partial charge in [0.15, 0.2) is 0 Å². The molecule has 1 aliphatic rings. The number of amides is 1. The largest absolute Gasteiger partial charge is 0.335 e. The predicted octanol–water partition coefficient (Wildman–Crippen LogP) is 3.39. The number of aryl methyl sites for hydroxylation is 1. The molecule has 1 aliphatic heterocycles. The number of hydrogen-bond acceptors (Lipinski definition) is 2. The van der Waals surface area contributed by atoms with Crippen LogP contribution in [-0.4, -0.2) is 15.5 Å². The van der Waals surface area contributed by atoms with Crippen LogP contribution in [-0.2, 0) is 17.8 Å². The molecule has 2 heterocycles. The molecule has 20 heavy (non-hydrogen) atoms. The fraction of sp³-hybridized carbons (Fsp3) is 0.286. The minimum Gasteiger partial charge on any atom is -0.335 e. The number of carbonyl (C=O) groups excluding carboxylic acids is 1. The Labute approximate surface area is 126 Å². The minimum absolute atomic E-state index is 0.00219. The van der Waals surface area contributed by atoms with Gasteiger partial charge in [-0.2, -0.15) is 0 Å². The first kappa shape index (κ1) is 13.5. The van der Waals surface area contributed by atoms with Crippen molar-refractivity contribution in [1.82, 2.24) is 9.55 Å². The van der Waals surface area contributed by atoms with E-state index in [1.54, 1.807) is 24.4 Å². The van der Waals surface area contributed by atoms with Gasteiger partial charge in [0.05, 0.1) is 10.0 Å². The second kappa shape index (κ2) is 5.46. The number of carbonyl (C=O) groups is 1. The molecule has 4 nitrogen and oxygen atoms in total. The first-order valence-electron chi connectivity index (χ1n) is 6.39. The van der Waals surface area contributed by atoms with E-state index in [4.69, 9.17) is 23.2 Å². The molecule has 0 saturated carbocycles. The SMILES string of the molecule is O=C(Nc1ccc(Cl)c(Cl)c1)C1CCn2ccnc2C1. The topological polar surface area (TPSA) is 46.9 Å². The van der Waals surface area contributed by atoms with Gasteiger partial charge >= 0.3 is 0 Å². The normalized spacial score (nSPS) is 17.6. The number of nitrogens with one attached hydrogen (secondary N) is 1. The highest BCUT2D eigenvalue weighted by molar-refractivity contribution is 6.42. The van der Waals surface area contributed by atoms with Gasteiger partial charge in [-0.15, -0.1) is 0 Å². The molecule has 104 valence electrons. The van der Waals surface area contributed by atoms with Crippen LogP contribution in [0.15, 0.2) is 30.6 Å². The Morgan fingerprint density at radius 1 is 1.35 bits per heavy atom. The lowest BCUT2D eigenvalue weighted by molar-refractivity contribution is -0.120. The summed E-state index contributed by atoms with van der Waals surface area (Å²) in [6, 6.07) is 5.08. The fourth-order valence-electron chi connectivity index (χ4n) is 2.39. The molecule has 0 radical (unpaired) electrons. The van der Waals surface area contributed by atoms with Crippen molar-refractivity contribution in [2.24, 2.45) is 5.92 Å². The standard InChI is InChI=1S/C14H13Cl2N3O/c15-11-2-1-10(8-12(11)16)18-14(20)9-3-5-19-6-4-17-13(19)7-9/h1-2,4,6,8-9H,3,5,7H2,(H,18,20). The Morgan fingerprint density at radius 2 is 2.20 bits per heavy atom. The zero-order chi connectivity index (χ0) is 14.1. The lowest BCUT2D eigenvalue weighted by atomic mass is 9.97. The van der Waals surface area contributed by atoms with Gasteiger partial charge in [0.2, 0.25) is 5.91 Å². The third kappa shape index (κ3) is 2.67. The lowest BCUT2D eigenvalue weighted by Crippen LogP contribution is -2.30. The van der Waals surface area contributed by atoms with E-state index in [0.717, 1.165) is 18.8 Å². The summed E-state index contributed by atoms with van der Waals surface area (Å²) in [6.45, 7) is 0.828. The molecule has 1 N–H and O–H groups in total. The van der Waals surface area contributed by atoms with Gasteiger partial charge in [0.25, 0.3) is 0 Å². The summed E-state index contributed by atoms with van der Waals surface area (Å²) in [5.74, 6) is 0.905. The van der Waals surface area contributed by atoms with E-state index in [1.807, 2.05) is 6.20 Å². The average molecular weight is 310 g/mol. The maximum atomic E-state index is 12.3. The molecule has 0 spiro atoms. The molecule has 1 aromatic heterocycles. The summed E-state index contributed by atoms with van der Waals surface area (Å²) in [5, 5.41) is 3.79. The highest BCUT2D eigenvalue weighted by atomic mass is 35.5. The van der Waals surface area contributed by atoms with Gasteiger partial charge < -0.3 is 9.88 Å². The molecule has 0 fully saturated rings. The molecule has 1 amide bonds. The van der Waals surface area contributed by atoms with Gasteiger partial charge in [-0.05, 0) is 24.6 Å². The molecule has 0 saturated heterocycles. The molecule has 6 heteroatoms. The second-order valence-corrected chi connectivity index (χ2v) is 5.66. The summed E-state index contributed by atoms with van der Waals surface area (Å²) in [7, 11) is 0. The maximum absolute atomic E-state index is 12.3. The third-order valence-corrected chi connectivity index (χ3v) is 4.25. The van der Waals surface area contributed by atoms with Crippen molar-refractivity contribution in [3.8, 4) is 0 Å². The van der Waals surface area contributed by atoms with Crippen molar-refractivity contribution in [1.29, 1.82) is 0 Å². The highest BCUT2D eigenvalue weighted by Crippen LogP contribution is 2.26. The van der Waals surface area contributed by atoms with Crippen LogP contribution in [0.1, 0.15) is 12.2 Å². The summed E-state index contributed by atoms with van der Waals surface area (Å²) in [6.07, 6.45) is 5.20. The van der Waals surface area contributed by atoms with Crippen molar-refractivity contribution in [2.75, 3.05) is 5.32 Å².